The zero-order chi connectivity index (χ0) is 13.2. The van der Waals surface area contributed by atoms with Crippen LogP contribution in [0.1, 0.15) is 38.2 Å². The van der Waals surface area contributed by atoms with Gasteiger partial charge in [0.15, 0.2) is 0 Å². The van der Waals surface area contributed by atoms with Crippen molar-refractivity contribution in [2.45, 2.75) is 45.1 Å². The standard InChI is InChI=1S/C15H21BrO2/c1-15(7-3-4-8-15)14(17)10-11-9-12(18-2)5-6-13(11)16/h5-6,9,14,17H,3-4,7-8,10H2,1-2H3. The maximum atomic E-state index is 10.5. The lowest BCUT2D eigenvalue weighted by Crippen LogP contribution is -2.31. The molecule has 2 rings (SSSR count). The molecule has 0 bridgehead atoms. The normalized spacial score (nSPS) is 19.8. The molecule has 2 nitrogen and oxygen atoms in total. The van der Waals surface area contributed by atoms with Crippen molar-refractivity contribution in [2.24, 2.45) is 5.41 Å². The maximum Gasteiger partial charge on any atom is 0.119 e. The first-order chi connectivity index (χ1) is 8.55. The van der Waals surface area contributed by atoms with Gasteiger partial charge in [-0.3, -0.25) is 0 Å². The van der Waals surface area contributed by atoms with E-state index in [0.717, 1.165) is 28.6 Å². The van der Waals surface area contributed by atoms with Gasteiger partial charge in [0, 0.05) is 10.9 Å². The maximum absolute atomic E-state index is 10.5. The average Bonchev–Trinajstić information content (AvgIpc) is 2.80. The number of halogens is 1. The summed E-state index contributed by atoms with van der Waals surface area (Å²) >= 11 is 3.55. The van der Waals surface area contributed by atoms with Gasteiger partial charge < -0.3 is 9.84 Å². The summed E-state index contributed by atoms with van der Waals surface area (Å²) in [5.41, 5.74) is 1.21. The summed E-state index contributed by atoms with van der Waals surface area (Å²) in [7, 11) is 1.67. The van der Waals surface area contributed by atoms with E-state index < -0.39 is 0 Å². The SMILES string of the molecule is COc1ccc(Br)c(CC(O)C2(C)CCCC2)c1. The molecule has 1 aromatic carbocycles. The molecule has 3 heteroatoms. The summed E-state index contributed by atoms with van der Waals surface area (Å²) in [5, 5.41) is 10.5. The van der Waals surface area contributed by atoms with Crippen molar-refractivity contribution in [3.63, 3.8) is 0 Å². The Hall–Kier alpha value is -0.540. The Labute approximate surface area is 117 Å². The van der Waals surface area contributed by atoms with E-state index in [9.17, 15) is 5.11 Å². The molecule has 0 saturated heterocycles. The largest absolute Gasteiger partial charge is 0.497 e. The molecule has 0 aliphatic heterocycles. The predicted molar refractivity (Wildman–Crippen MR) is 77.0 cm³/mol. The lowest BCUT2D eigenvalue weighted by atomic mass is 9.80. The summed E-state index contributed by atoms with van der Waals surface area (Å²) in [6.45, 7) is 2.21. The zero-order valence-corrected chi connectivity index (χ0v) is 12.7. The Morgan fingerprint density at radius 3 is 2.67 bits per heavy atom. The quantitative estimate of drug-likeness (QED) is 0.912. The van der Waals surface area contributed by atoms with Crippen molar-refractivity contribution in [2.75, 3.05) is 7.11 Å². The molecule has 18 heavy (non-hydrogen) atoms. The molecule has 1 aliphatic rings. The number of hydrogen-bond acceptors (Lipinski definition) is 2. The van der Waals surface area contributed by atoms with Gasteiger partial charge in [-0.15, -0.1) is 0 Å². The third kappa shape index (κ3) is 2.89. The van der Waals surface area contributed by atoms with Gasteiger partial charge in [-0.05, 0) is 42.0 Å². The van der Waals surface area contributed by atoms with Crippen molar-refractivity contribution in [1.29, 1.82) is 0 Å². The van der Waals surface area contributed by atoms with Gasteiger partial charge in [0.2, 0.25) is 0 Å². The molecular formula is C15H21BrO2. The van der Waals surface area contributed by atoms with Crippen LogP contribution in [0, 0.1) is 5.41 Å². The van der Waals surface area contributed by atoms with Crippen LogP contribution in [-0.4, -0.2) is 18.3 Å². The Morgan fingerprint density at radius 2 is 2.06 bits per heavy atom. The molecule has 1 aliphatic carbocycles. The fraction of sp³-hybridized carbons (Fsp3) is 0.600. The molecule has 1 fully saturated rings. The minimum atomic E-state index is -0.275. The number of methoxy groups -OCH3 is 1. The van der Waals surface area contributed by atoms with Crippen LogP contribution in [0.15, 0.2) is 22.7 Å². The van der Waals surface area contributed by atoms with Crippen LogP contribution >= 0.6 is 15.9 Å². The van der Waals surface area contributed by atoms with E-state index in [0.29, 0.717) is 6.42 Å². The van der Waals surface area contributed by atoms with Crippen molar-refractivity contribution < 1.29 is 9.84 Å². The van der Waals surface area contributed by atoms with E-state index in [1.54, 1.807) is 7.11 Å². The topological polar surface area (TPSA) is 29.5 Å². The average molecular weight is 313 g/mol. The van der Waals surface area contributed by atoms with Crippen molar-refractivity contribution >= 4 is 15.9 Å². The molecule has 0 aromatic heterocycles. The van der Waals surface area contributed by atoms with Crippen LogP contribution in [0.25, 0.3) is 0 Å². The van der Waals surface area contributed by atoms with E-state index >= 15 is 0 Å². The van der Waals surface area contributed by atoms with Gasteiger partial charge in [0.25, 0.3) is 0 Å². The van der Waals surface area contributed by atoms with Gasteiger partial charge in [-0.25, -0.2) is 0 Å². The zero-order valence-electron chi connectivity index (χ0n) is 11.1. The van der Waals surface area contributed by atoms with E-state index in [4.69, 9.17) is 4.74 Å². The highest BCUT2D eigenvalue weighted by Gasteiger charge is 2.36. The first-order valence-corrected chi connectivity index (χ1v) is 7.35. The van der Waals surface area contributed by atoms with Gasteiger partial charge in [-0.2, -0.15) is 0 Å². The Kier molecular flexibility index (Phi) is 4.33. The lowest BCUT2D eigenvalue weighted by Gasteiger charge is -2.30. The smallest absolute Gasteiger partial charge is 0.119 e. The fourth-order valence-corrected chi connectivity index (χ4v) is 3.21. The van der Waals surface area contributed by atoms with Gasteiger partial charge in [-0.1, -0.05) is 35.7 Å². The molecule has 1 aromatic rings. The third-order valence-corrected chi connectivity index (χ3v) is 4.99. The first kappa shape index (κ1) is 13.9. The monoisotopic (exact) mass is 312 g/mol. The van der Waals surface area contributed by atoms with E-state index in [-0.39, 0.29) is 11.5 Å². The molecule has 0 heterocycles. The summed E-state index contributed by atoms with van der Waals surface area (Å²) < 4.78 is 6.28. The second-order valence-electron chi connectivity index (χ2n) is 5.54. The number of aliphatic hydroxyl groups is 1. The first-order valence-electron chi connectivity index (χ1n) is 6.56. The highest BCUT2D eigenvalue weighted by molar-refractivity contribution is 9.10. The summed E-state index contributed by atoms with van der Waals surface area (Å²) in [5.74, 6) is 0.844. The van der Waals surface area contributed by atoms with Crippen molar-refractivity contribution in [3.05, 3.63) is 28.2 Å². The second kappa shape index (κ2) is 5.62. The number of ether oxygens (including phenoxy) is 1. The van der Waals surface area contributed by atoms with Crippen LogP contribution in [0.2, 0.25) is 0 Å². The molecule has 1 saturated carbocycles. The third-order valence-electron chi connectivity index (χ3n) is 4.22. The molecule has 1 unspecified atom stereocenters. The number of benzene rings is 1. The van der Waals surface area contributed by atoms with Crippen LogP contribution < -0.4 is 4.74 Å². The minimum absolute atomic E-state index is 0.0858. The molecule has 0 spiro atoms. The highest BCUT2D eigenvalue weighted by Crippen LogP contribution is 2.42. The van der Waals surface area contributed by atoms with Crippen molar-refractivity contribution in [3.8, 4) is 5.75 Å². The molecule has 1 N–H and O–H groups in total. The summed E-state index contributed by atoms with van der Waals surface area (Å²) in [4.78, 5) is 0. The molecular weight excluding hydrogens is 292 g/mol. The van der Waals surface area contributed by atoms with Crippen molar-refractivity contribution in [1.82, 2.24) is 0 Å². The fourth-order valence-electron chi connectivity index (χ4n) is 2.81. The minimum Gasteiger partial charge on any atom is -0.497 e. The van der Waals surface area contributed by atoms with Crippen LogP contribution in [-0.2, 0) is 6.42 Å². The van der Waals surface area contributed by atoms with E-state index in [1.807, 2.05) is 18.2 Å². The number of rotatable bonds is 4. The van der Waals surface area contributed by atoms with Crippen LogP contribution in [0.4, 0.5) is 0 Å². The number of aliphatic hydroxyl groups excluding tert-OH is 1. The van der Waals surface area contributed by atoms with Crippen LogP contribution in [0.5, 0.6) is 5.75 Å². The second-order valence-corrected chi connectivity index (χ2v) is 6.39. The Bertz CT molecular complexity index is 411. The highest BCUT2D eigenvalue weighted by atomic mass is 79.9. The molecule has 100 valence electrons. The summed E-state index contributed by atoms with van der Waals surface area (Å²) in [6, 6.07) is 5.92. The number of hydrogen-bond donors (Lipinski definition) is 1. The van der Waals surface area contributed by atoms with Gasteiger partial charge in [0.05, 0.1) is 13.2 Å². The van der Waals surface area contributed by atoms with E-state index in [1.165, 1.54) is 12.8 Å². The lowest BCUT2D eigenvalue weighted by molar-refractivity contribution is 0.0422. The van der Waals surface area contributed by atoms with Gasteiger partial charge >= 0.3 is 0 Å². The van der Waals surface area contributed by atoms with Gasteiger partial charge in [0.1, 0.15) is 5.75 Å². The van der Waals surface area contributed by atoms with E-state index in [2.05, 4.69) is 22.9 Å². The van der Waals surface area contributed by atoms with Crippen LogP contribution in [0.3, 0.4) is 0 Å². The molecule has 0 radical (unpaired) electrons. The molecule has 0 amide bonds. The Balaban J connectivity index is 2.13. The Morgan fingerprint density at radius 1 is 1.39 bits per heavy atom. The molecule has 1 atom stereocenters. The summed E-state index contributed by atoms with van der Waals surface area (Å²) in [6.07, 6.45) is 5.17. The predicted octanol–water partition coefficient (Wildman–Crippen LogP) is 3.94.